The molecule has 0 bridgehead atoms. The van der Waals surface area contributed by atoms with Gasteiger partial charge in [-0.1, -0.05) is 23.7 Å². The molecule has 0 N–H and O–H groups in total. The van der Waals surface area contributed by atoms with Crippen molar-refractivity contribution in [3.05, 3.63) is 57.3 Å². The van der Waals surface area contributed by atoms with E-state index in [2.05, 4.69) is 26.1 Å². The number of ether oxygens (including phenoxy) is 2. The highest BCUT2D eigenvalue weighted by Crippen LogP contribution is 2.37. The number of aromatic nitrogens is 2. The molecule has 9 heteroatoms. The molecule has 1 aromatic heterocycles. The lowest BCUT2D eigenvalue weighted by atomic mass is 10.1. The summed E-state index contributed by atoms with van der Waals surface area (Å²) in [5.41, 5.74) is 1.12. The molecule has 1 heterocycles. The number of methoxy groups -OCH3 is 2. The van der Waals surface area contributed by atoms with Crippen molar-refractivity contribution in [3.63, 3.8) is 0 Å². The maximum Gasteiger partial charge on any atom is 0.254 e. The van der Waals surface area contributed by atoms with E-state index < -0.39 is 0 Å². The van der Waals surface area contributed by atoms with Gasteiger partial charge in [0.05, 0.1) is 31.4 Å². The van der Waals surface area contributed by atoms with Crippen LogP contribution in [-0.4, -0.2) is 41.3 Å². The van der Waals surface area contributed by atoms with Crippen molar-refractivity contribution in [3.8, 4) is 23.0 Å². The largest absolute Gasteiger partial charge is 0.495 e. The molecule has 2 aromatic carbocycles. The van der Waals surface area contributed by atoms with Crippen molar-refractivity contribution in [2.45, 2.75) is 25.4 Å². The van der Waals surface area contributed by atoms with E-state index in [1.165, 1.54) is 0 Å². The first-order valence-electron chi connectivity index (χ1n) is 9.31. The van der Waals surface area contributed by atoms with Crippen LogP contribution in [-0.2, 0) is 6.54 Å². The average molecular weight is 493 g/mol. The van der Waals surface area contributed by atoms with Gasteiger partial charge in [0.2, 0.25) is 11.8 Å². The number of carbonyl (C=O) groups excluding carboxylic acids is 1. The van der Waals surface area contributed by atoms with Crippen LogP contribution in [0.3, 0.4) is 0 Å². The van der Waals surface area contributed by atoms with Gasteiger partial charge in [0, 0.05) is 11.6 Å². The topological polar surface area (TPSA) is 77.7 Å². The van der Waals surface area contributed by atoms with Crippen molar-refractivity contribution in [2.24, 2.45) is 0 Å². The third-order valence-electron chi connectivity index (χ3n) is 4.82. The number of benzene rings is 2. The molecule has 3 aromatic rings. The molecule has 4 rings (SSSR count). The number of carbonyl (C=O) groups is 1. The Labute approximate surface area is 187 Å². The Morgan fingerprint density at radius 2 is 1.87 bits per heavy atom. The van der Waals surface area contributed by atoms with Crippen LogP contribution < -0.4 is 9.47 Å². The summed E-state index contributed by atoms with van der Waals surface area (Å²) in [6.45, 7) is 0.210. The van der Waals surface area contributed by atoms with E-state index in [-0.39, 0.29) is 18.5 Å². The summed E-state index contributed by atoms with van der Waals surface area (Å²) in [5.74, 6) is 1.56. The Hall–Kier alpha value is -2.58. The van der Waals surface area contributed by atoms with Crippen LogP contribution in [0.2, 0.25) is 5.02 Å². The SMILES string of the molecule is COc1cc(C(=O)N(Cc2nnc(-c3ccccc3Cl)o2)C2CC2)cc(OC)c1Br. The molecular weight excluding hydrogens is 474 g/mol. The molecule has 7 nitrogen and oxygen atoms in total. The summed E-state index contributed by atoms with van der Waals surface area (Å²) < 4.78 is 17.2. The molecule has 1 fully saturated rings. The molecule has 156 valence electrons. The molecule has 1 saturated carbocycles. The van der Waals surface area contributed by atoms with Gasteiger partial charge in [-0.05, 0) is 53.0 Å². The molecule has 1 amide bonds. The fourth-order valence-corrected chi connectivity index (χ4v) is 3.89. The third kappa shape index (κ3) is 4.15. The fraction of sp³-hybridized carbons (Fsp3) is 0.286. The summed E-state index contributed by atoms with van der Waals surface area (Å²) in [6.07, 6.45) is 1.87. The van der Waals surface area contributed by atoms with Crippen molar-refractivity contribution in [2.75, 3.05) is 14.2 Å². The van der Waals surface area contributed by atoms with Gasteiger partial charge in [0.15, 0.2) is 0 Å². The smallest absolute Gasteiger partial charge is 0.254 e. The number of nitrogens with zero attached hydrogens (tertiary/aromatic N) is 3. The Balaban J connectivity index is 1.60. The number of rotatable bonds is 7. The van der Waals surface area contributed by atoms with Crippen molar-refractivity contribution >= 4 is 33.4 Å². The van der Waals surface area contributed by atoms with Crippen LogP contribution >= 0.6 is 27.5 Å². The van der Waals surface area contributed by atoms with Gasteiger partial charge in [-0.25, -0.2) is 0 Å². The van der Waals surface area contributed by atoms with Crippen LogP contribution in [0.5, 0.6) is 11.5 Å². The summed E-state index contributed by atoms with van der Waals surface area (Å²) in [7, 11) is 3.09. The van der Waals surface area contributed by atoms with Crippen LogP contribution in [0.15, 0.2) is 45.3 Å². The van der Waals surface area contributed by atoms with E-state index in [1.807, 2.05) is 18.2 Å². The minimum absolute atomic E-state index is 0.133. The average Bonchev–Trinajstić information content (AvgIpc) is 3.50. The van der Waals surface area contributed by atoms with E-state index in [0.717, 1.165) is 12.8 Å². The highest BCUT2D eigenvalue weighted by atomic mass is 79.9. The fourth-order valence-electron chi connectivity index (χ4n) is 3.12. The number of halogens is 2. The summed E-state index contributed by atoms with van der Waals surface area (Å²) in [5, 5.41) is 8.73. The third-order valence-corrected chi connectivity index (χ3v) is 5.93. The molecule has 1 aliphatic carbocycles. The Morgan fingerprint density at radius 3 is 2.47 bits per heavy atom. The van der Waals surface area contributed by atoms with Crippen molar-refractivity contribution in [1.82, 2.24) is 15.1 Å². The molecule has 0 spiro atoms. The Morgan fingerprint density at radius 1 is 1.20 bits per heavy atom. The summed E-state index contributed by atoms with van der Waals surface area (Å²) in [4.78, 5) is 15.0. The van der Waals surface area contributed by atoms with E-state index in [4.69, 9.17) is 25.5 Å². The number of hydrogen-bond donors (Lipinski definition) is 0. The van der Waals surface area contributed by atoms with Crippen molar-refractivity contribution < 1.29 is 18.7 Å². The lowest BCUT2D eigenvalue weighted by Gasteiger charge is -2.21. The Kier molecular flexibility index (Phi) is 5.97. The molecule has 1 aliphatic rings. The lowest BCUT2D eigenvalue weighted by molar-refractivity contribution is 0.0713. The van der Waals surface area contributed by atoms with Gasteiger partial charge in [-0.3, -0.25) is 4.79 Å². The summed E-state index contributed by atoms with van der Waals surface area (Å²) >= 11 is 9.64. The van der Waals surface area contributed by atoms with Crippen LogP contribution in [0.4, 0.5) is 0 Å². The van der Waals surface area contributed by atoms with Gasteiger partial charge >= 0.3 is 0 Å². The standard InChI is InChI=1S/C21H19BrClN3O4/c1-28-16-9-12(10-17(29-2)19(16)22)21(27)26(13-7-8-13)11-18-24-25-20(30-18)14-5-3-4-6-15(14)23/h3-6,9-10,13H,7-8,11H2,1-2H3. The number of amides is 1. The zero-order chi connectivity index (χ0) is 21.3. The zero-order valence-corrected chi connectivity index (χ0v) is 18.7. The predicted octanol–water partition coefficient (Wildman–Crippen LogP) is 4.97. The highest BCUT2D eigenvalue weighted by molar-refractivity contribution is 9.10. The second kappa shape index (κ2) is 8.65. The molecule has 0 unspecified atom stereocenters. The van der Waals surface area contributed by atoms with Crippen LogP contribution in [0.1, 0.15) is 29.1 Å². The molecule has 0 radical (unpaired) electrons. The minimum Gasteiger partial charge on any atom is -0.495 e. The quantitative estimate of drug-likeness (QED) is 0.463. The second-order valence-corrected chi connectivity index (χ2v) is 8.04. The maximum atomic E-state index is 13.3. The molecule has 0 saturated heterocycles. The van der Waals surface area contributed by atoms with Gasteiger partial charge in [-0.15, -0.1) is 10.2 Å². The monoisotopic (exact) mass is 491 g/mol. The predicted molar refractivity (Wildman–Crippen MR) is 115 cm³/mol. The first-order chi connectivity index (χ1) is 14.5. The van der Waals surface area contributed by atoms with Crippen molar-refractivity contribution in [1.29, 1.82) is 0 Å². The van der Waals surface area contributed by atoms with Gasteiger partial charge in [-0.2, -0.15) is 0 Å². The van der Waals surface area contributed by atoms with Gasteiger partial charge < -0.3 is 18.8 Å². The Bertz CT molecular complexity index is 1060. The highest BCUT2D eigenvalue weighted by Gasteiger charge is 2.35. The lowest BCUT2D eigenvalue weighted by Crippen LogP contribution is -2.32. The van der Waals surface area contributed by atoms with E-state index >= 15 is 0 Å². The molecule has 0 atom stereocenters. The van der Waals surface area contributed by atoms with Gasteiger partial charge in [0.1, 0.15) is 16.0 Å². The summed E-state index contributed by atoms with van der Waals surface area (Å²) in [6, 6.07) is 10.8. The maximum absolute atomic E-state index is 13.3. The second-order valence-electron chi connectivity index (χ2n) is 6.84. The van der Waals surface area contributed by atoms with E-state index in [9.17, 15) is 4.79 Å². The van der Waals surface area contributed by atoms with Crippen LogP contribution in [0.25, 0.3) is 11.5 Å². The van der Waals surface area contributed by atoms with E-state index in [0.29, 0.717) is 43.9 Å². The molecule has 30 heavy (non-hydrogen) atoms. The molecular formula is C21H19BrClN3O4. The van der Waals surface area contributed by atoms with E-state index in [1.54, 1.807) is 37.3 Å². The minimum atomic E-state index is -0.154. The first-order valence-corrected chi connectivity index (χ1v) is 10.5. The van der Waals surface area contributed by atoms with Crippen LogP contribution in [0, 0.1) is 0 Å². The zero-order valence-electron chi connectivity index (χ0n) is 16.4. The molecule has 0 aliphatic heterocycles. The normalized spacial score (nSPS) is 13.2. The number of hydrogen-bond acceptors (Lipinski definition) is 6. The first kappa shape index (κ1) is 20.7. The van der Waals surface area contributed by atoms with Gasteiger partial charge in [0.25, 0.3) is 5.91 Å².